The maximum atomic E-state index is 12.1. The molecule has 2 amide bonds. The van der Waals surface area contributed by atoms with Gasteiger partial charge in [-0.1, -0.05) is 12.1 Å². The summed E-state index contributed by atoms with van der Waals surface area (Å²) >= 11 is 0. The van der Waals surface area contributed by atoms with Crippen LogP contribution in [0.3, 0.4) is 0 Å². The highest BCUT2D eigenvalue weighted by atomic mass is 35.5. The van der Waals surface area contributed by atoms with Gasteiger partial charge in [0.1, 0.15) is 6.54 Å². The number of quaternary nitrogens is 1. The third-order valence-corrected chi connectivity index (χ3v) is 4.36. The van der Waals surface area contributed by atoms with Gasteiger partial charge in [0.05, 0.1) is 18.5 Å². The molecule has 8 nitrogen and oxygen atoms in total. The number of piperazine rings is 1. The van der Waals surface area contributed by atoms with Gasteiger partial charge in [-0.15, -0.1) is 0 Å². The van der Waals surface area contributed by atoms with Crippen LogP contribution in [0.15, 0.2) is 24.3 Å². The Labute approximate surface area is 152 Å². The van der Waals surface area contributed by atoms with Gasteiger partial charge in [-0.25, -0.2) is 4.79 Å². The number of carbonyl (C=O) groups excluding carboxylic acids is 2. The standard InChI is InChI=1S/C16H22N4O4.ClH/c1-18-9-10-20(2,16(22)11-18)12-15(21)17-8-7-13-3-5-14(6-4-13)19(23)24;/h3-6H,7-12H2,1-2H3;1H. The van der Waals surface area contributed by atoms with Crippen molar-refractivity contribution in [2.75, 3.05) is 46.8 Å². The smallest absolute Gasteiger partial charge is 0.328 e. The summed E-state index contributed by atoms with van der Waals surface area (Å²) < 4.78 is 0.133. The lowest BCUT2D eigenvalue weighted by Crippen LogP contribution is -3.00. The zero-order valence-corrected chi connectivity index (χ0v) is 15.2. The largest absolute Gasteiger partial charge is 1.00 e. The second-order valence-corrected chi connectivity index (χ2v) is 6.43. The van der Waals surface area contributed by atoms with Gasteiger partial charge in [-0.3, -0.25) is 24.3 Å². The van der Waals surface area contributed by atoms with Crippen LogP contribution >= 0.6 is 0 Å². The van der Waals surface area contributed by atoms with Crippen molar-refractivity contribution >= 4 is 17.5 Å². The summed E-state index contributed by atoms with van der Waals surface area (Å²) in [4.78, 5) is 36.3. The van der Waals surface area contributed by atoms with Gasteiger partial charge in [0.25, 0.3) is 11.6 Å². The van der Waals surface area contributed by atoms with Crippen LogP contribution < -0.4 is 17.7 Å². The van der Waals surface area contributed by atoms with Crippen LogP contribution in [0.2, 0.25) is 0 Å². The van der Waals surface area contributed by atoms with Gasteiger partial charge < -0.3 is 17.7 Å². The van der Waals surface area contributed by atoms with Crippen LogP contribution in [-0.4, -0.2) is 72.9 Å². The summed E-state index contributed by atoms with van der Waals surface area (Å²) in [5.74, 6) is -0.105. The fourth-order valence-electron chi connectivity index (χ4n) is 2.67. The molecule has 1 N–H and O–H groups in total. The minimum atomic E-state index is -0.442. The van der Waals surface area contributed by atoms with Gasteiger partial charge >= 0.3 is 5.91 Å². The minimum Gasteiger partial charge on any atom is -1.00 e. The van der Waals surface area contributed by atoms with E-state index < -0.39 is 4.92 Å². The maximum Gasteiger partial charge on any atom is 0.328 e. The molecular formula is C16H23ClN4O4. The van der Waals surface area contributed by atoms with Crippen molar-refractivity contribution in [1.29, 1.82) is 0 Å². The predicted octanol–water partition coefficient (Wildman–Crippen LogP) is -2.82. The highest BCUT2D eigenvalue weighted by Crippen LogP contribution is 2.12. The van der Waals surface area contributed by atoms with E-state index in [2.05, 4.69) is 5.32 Å². The second-order valence-electron chi connectivity index (χ2n) is 6.43. The summed E-state index contributed by atoms with van der Waals surface area (Å²) in [5, 5.41) is 13.4. The lowest BCUT2D eigenvalue weighted by molar-refractivity contribution is -0.829. The van der Waals surface area contributed by atoms with E-state index in [0.717, 1.165) is 12.1 Å². The Bertz CT molecular complexity index is 638. The van der Waals surface area contributed by atoms with Gasteiger partial charge in [0.15, 0.2) is 6.54 Å². The van der Waals surface area contributed by atoms with E-state index in [1.807, 2.05) is 11.9 Å². The molecule has 1 aromatic rings. The average Bonchev–Trinajstić information content (AvgIpc) is 2.52. The van der Waals surface area contributed by atoms with Crippen molar-refractivity contribution in [2.24, 2.45) is 0 Å². The third-order valence-electron chi connectivity index (χ3n) is 4.36. The molecule has 1 saturated heterocycles. The first kappa shape index (κ1) is 21.0. The van der Waals surface area contributed by atoms with E-state index in [9.17, 15) is 19.7 Å². The summed E-state index contributed by atoms with van der Waals surface area (Å²) in [7, 11) is 3.69. The molecule has 0 aromatic heterocycles. The number of nitrogens with zero attached hydrogens (tertiary/aromatic N) is 3. The second kappa shape index (κ2) is 8.89. The lowest BCUT2D eigenvalue weighted by Gasteiger charge is -2.37. The van der Waals surface area contributed by atoms with Crippen molar-refractivity contribution in [3.8, 4) is 0 Å². The number of hydrogen-bond acceptors (Lipinski definition) is 5. The third kappa shape index (κ3) is 5.77. The maximum absolute atomic E-state index is 12.1. The molecule has 0 bridgehead atoms. The highest BCUT2D eigenvalue weighted by Gasteiger charge is 2.38. The number of amides is 2. The first-order chi connectivity index (χ1) is 11.3. The Morgan fingerprint density at radius 2 is 2.00 bits per heavy atom. The zero-order valence-electron chi connectivity index (χ0n) is 14.4. The number of hydrogen-bond donors (Lipinski definition) is 1. The summed E-state index contributed by atoms with van der Waals surface area (Å²) in [6, 6.07) is 6.27. The van der Waals surface area contributed by atoms with Crippen molar-refractivity contribution in [2.45, 2.75) is 6.42 Å². The number of carbonyl (C=O) groups is 2. The average molecular weight is 371 g/mol. The first-order valence-electron chi connectivity index (χ1n) is 7.87. The molecule has 0 radical (unpaired) electrons. The van der Waals surface area contributed by atoms with E-state index in [0.29, 0.717) is 26.1 Å². The Morgan fingerprint density at radius 1 is 1.36 bits per heavy atom. The molecule has 0 saturated carbocycles. The molecular weight excluding hydrogens is 348 g/mol. The van der Waals surface area contributed by atoms with E-state index in [1.165, 1.54) is 12.1 Å². The number of nitrogens with one attached hydrogen (secondary N) is 1. The van der Waals surface area contributed by atoms with Crippen LogP contribution in [0, 0.1) is 10.1 Å². The van der Waals surface area contributed by atoms with Gasteiger partial charge in [0, 0.05) is 25.2 Å². The summed E-state index contributed by atoms with van der Waals surface area (Å²) in [6.07, 6.45) is 0.587. The van der Waals surface area contributed by atoms with Crippen LogP contribution in [0.25, 0.3) is 0 Å². The van der Waals surface area contributed by atoms with E-state index in [1.54, 1.807) is 19.2 Å². The lowest BCUT2D eigenvalue weighted by atomic mass is 10.1. The molecule has 1 fully saturated rings. The molecule has 1 aromatic carbocycles. The molecule has 0 aliphatic carbocycles. The van der Waals surface area contributed by atoms with E-state index in [-0.39, 0.29) is 40.9 Å². The van der Waals surface area contributed by atoms with Crippen molar-refractivity contribution in [1.82, 2.24) is 10.2 Å². The number of likely N-dealkylation sites (N-methyl/N-ethyl adjacent to an activating group) is 2. The normalized spacial score (nSPS) is 20.6. The molecule has 0 spiro atoms. The number of nitro groups is 1. The van der Waals surface area contributed by atoms with Crippen molar-refractivity contribution < 1.29 is 31.4 Å². The number of nitro benzene ring substituents is 1. The molecule has 1 heterocycles. The molecule has 2 rings (SSSR count). The van der Waals surface area contributed by atoms with Crippen molar-refractivity contribution in [3.05, 3.63) is 39.9 Å². The highest BCUT2D eigenvalue weighted by molar-refractivity contribution is 5.80. The quantitative estimate of drug-likeness (QED) is 0.331. The Kier molecular flexibility index (Phi) is 7.47. The zero-order chi connectivity index (χ0) is 17.7. The SMILES string of the molecule is CN1CC[N+](C)(CC(=O)NCCc2ccc([N+](=O)[O-])cc2)C(=O)C1.[Cl-]. The van der Waals surface area contributed by atoms with Gasteiger partial charge in [-0.05, 0) is 19.0 Å². The molecule has 25 heavy (non-hydrogen) atoms. The summed E-state index contributed by atoms with van der Waals surface area (Å²) in [5.41, 5.74) is 0.964. The van der Waals surface area contributed by atoms with E-state index in [4.69, 9.17) is 0 Å². The molecule has 138 valence electrons. The van der Waals surface area contributed by atoms with Crippen LogP contribution in [-0.2, 0) is 16.0 Å². The van der Waals surface area contributed by atoms with Gasteiger partial charge in [-0.2, -0.15) is 0 Å². The number of benzene rings is 1. The van der Waals surface area contributed by atoms with Crippen LogP contribution in [0.4, 0.5) is 5.69 Å². The number of halogens is 1. The van der Waals surface area contributed by atoms with Crippen LogP contribution in [0.1, 0.15) is 5.56 Å². The molecule has 1 atom stereocenters. The monoisotopic (exact) mass is 370 g/mol. The van der Waals surface area contributed by atoms with E-state index >= 15 is 0 Å². The predicted molar refractivity (Wildman–Crippen MR) is 88.2 cm³/mol. The first-order valence-corrected chi connectivity index (χ1v) is 7.87. The van der Waals surface area contributed by atoms with Crippen LogP contribution in [0.5, 0.6) is 0 Å². The number of non-ortho nitro benzene ring substituents is 1. The van der Waals surface area contributed by atoms with Gasteiger partial charge in [0.2, 0.25) is 0 Å². The number of rotatable bonds is 6. The Balaban J connectivity index is 0.00000312. The molecule has 9 heteroatoms. The summed E-state index contributed by atoms with van der Waals surface area (Å²) in [6.45, 7) is 2.37. The minimum absolute atomic E-state index is 0. The molecule has 1 unspecified atom stereocenters. The fraction of sp³-hybridized carbons (Fsp3) is 0.500. The molecule has 1 aliphatic heterocycles. The Hall–Kier alpha value is -2.03. The topological polar surface area (TPSA) is 92.6 Å². The fourth-order valence-corrected chi connectivity index (χ4v) is 2.67. The molecule has 1 aliphatic rings. The Morgan fingerprint density at radius 3 is 2.56 bits per heavy atom. The van der Waals surface area contributed by atoms with Crippen molar-refractivity contribution in [3.63, 3.8) is 0 Å².